The zero-order chi connectivity index (χ0) is 14.5. The maximum absolute atomic E-state index is 10.6. The van der Waals surface area contributed by atoms with E-state index in [9.17, 15) is 4.79 Å². The molecule has 0 aliphatic carbocycles. The topological polar surface area (TPSA) is 46.5 Å². The molecule has 0 saturated carbocycles. The molecule has 0 fully saturated rings. The molecule has 0 heterocycles. The minimum Gasteiger partial charge on any atom is -0.481 e. The maximum Gasteiger partial charge on any atom is 0.306 e. The fraction of sp³-hybridized carbons (Fsp3) is 0.938. The van der Waals surface area contributed by atoms with Gasteiger partial charge in [0.1, 0.15) is 0 Å². The highest BCUT2D eigenvalue weighted by molar-refractivity contribution is 5.69. The third kappa shape index (κ3) is 12.2. The van der Waals surface area contributed by atoms with Crippen LogP contribution in [-0.2, 0) is 9.53 Å². The van der Waals surface area contributed by atoms with Crippen LogP contribution in [0, 0.1) is 5.92 Å². The summed E-state index contributed by atoms with van der Waals surface area (Å²) in [7, 11) is 0. The van der Waals surface area contributed by atoms with Crippen molar-refractivity contribution in [3.8, 4) is 0 Å². The molecular weight excluding hydrogens is 240 g/mol. The molecule has 0 aliphatic rings. The van der Waals surface area contributed by atoms with Crippen LogP contribution < -0.4 is 0 Å². The minimum atomic E-state index is -0.672. The predicted molar refractivity (Wildman–Crippen MR) is 79.4 cm³/mol. The lowest BCUT2D eigenvalue weighted by atomic mass is 10.0. The molecule has 0 radical (unpaired) electrons. The summed E-state index contributed by atoms with van der Waals surface area (Å²) in [5.74, 6) is -0.866. The number of unbranched alkanes of at least 4 members (excludes halogenated alkanes) is 5. The lowest BCUT2D eigenvalue weighted by molar-refractivity contribution is -0.141. The van der Waals surface area contributed by atoms with E-state index in [2.05, 4.69) is 13.8 Å². The molecule has 114 valence electrons. The van der Waals surface area contributed by atoms with Gasteiger partial charge in [-0.05, 0) is 26.2 Å². The molecule has 3 heteroatoms. The van der Waals surface area contributed by atoms with Gasteiger partial charge >= 0.3 is 5.97 Å². The number of carbonyl (C=O) groups is 1. The molecule has 0 bridgehead atoms. The zero-order valence-corrected chi connectivity index (χ0v) is 13.0. The van der Waals surface area contributed by atoms with Gasteiger partial charge in [-0.1, -0.05) is 52.4 Å². The second-order valence-corrected chi connectivity index (χ2v) is 5.62. The largest absolute Gasteiger partial charge is 0.481 e. The lowest BCUT2D eigenvalue weighted by Gasteiger charge is -2.12. The third-order valence-electron chi connectivity index (χ3n) is 3.57. The van der Waals surface area contributed by atoms with Gasteiger partial charge in [0.05, 0.1) is 12.0 Å². The van der Waals surface area contributed by atoms with Crippen LogP contribution in [-0.4, -0.2) is 23.8 Å². The minimum absolute atomic E-state index is 0.194. The summed E-state index contributed by atoms with van der Waals surface area (Å²) >= 11 is 0. The SMILES string of the molecule is CCCCCOC(C)CCCCCCC(C)C(=O)O. The van der Waals surface area contributed by atoms with Crippen molar-refractivity contribution in [1.82, 2.24) is 0 Å². The number of hydrogen-bond donors (Lipinski definition) is 1. The second-order valence-electron chi connectivity index (χ2n) is 5.62. The first-order chi connectivity index (χ1) is 9.07. The third-order valence-corrected chi connectivity index (χ3v) is 3.57. The Morgan fingerprint density at radius 1 is 1.00 bits per heavy atom. The molecule has 0 aliphatic heterocycles. The van der Waals surface area contributed by atoms with Crippen LogP contribution in [0.1, 0.15) is 78.6 Å². The van der Waals surface area contributed by atoms with Gasteiger partial charge in [0, 0.05) is 6.61 Å². The van der Waals surface area contributed by atoms with Crippen molar-refractivity contribution in [2.45, 2.75) is 84.7 Å². The van der Waals surface area contributed by atoms with Gasteiger partial charge in [0.2, 0.25) is 0 Å². The molecule has 3 nitrogen and oxygen atoms in total. The molecule has 0 saturated heterocycles. The highest BCUT2D eigenvalue weighted by atomic mass is 16.5. The fourth-order valence-electron chi connectivity index (χ4n) is 2.08. The molecule has 19 heavy (non-hydrogen) atoms. The van der Waals surface area contributed by atoms with Gasteiger partial charge in [0.15, 0.2) is 0 Å². The van der Waals surface area contributed by atoms with Crippen LogP contribution in [0.5, 0.6) is 0 Å². The van der Waals surface area contributed by atoms with E-state index in [1.165, 1.54) is 32.1 Å². The van der Waals surface area contributed by atoms with E-state index in [1.54, 1.807) is 6.92 Å². The maximum atomic E-state index is 10.6. The molecule has 1 N–H and O–H groups in total. The summed E-state index contributed by atoms with van der Waals surface area (Å²) in [4.78, 5) is 10.6. The summed E-state index contributed by atoms with van der Waals surface area (Å²) in [6.45, 7) is 7.03. The van der Waals surface area contributed by atoms with Gasteiger partial charge in [-0.3, -0.25) is 4.79 Å². The number of aliphatic carboxylic acids is 1. The van der Waals surface area contributed by atoms with Crippen LogP contribution in [0.2, 0.25) is 0 Å². The summed E-state index contributed by atoms with van der Waals surface area (Å²) < 4.78 is 5.74. The highest BCUT2D eigenvalue weighted by Gasteiger charge is 2.09. The van der Waals surface area contributed by atoms with Crippen LogP contribution in [0.4, 0.5) is 0 Å². The molecule has 0 aromatic carbocycles. The first kappa shape index (κ1) is 18.4. The molecule has 0 rings (SSSR count). The summed E-state index contributed by atoms with van der Waals surface area (Å²) in [6, 6.07) is 0. The van der Waals surface area contributed by atoms with E-state index in [0.29, 0.717) is 6.10 Å². The zero-order valence-electron chi connectivity index (χ0n) is 13.0. The Balaban J connectivity index is 3.27. The number of rotatable bonds is 13. The highest BCUT2D eigenvalue weighted by Crippen LogP contribution is 2.13. The molecule has 0 spiro atoms. The predicted octanol–water partition coefficient (Wildman–Crippen LogP) is 4.64. The van der Waals surface area contributed by atoms with E-state index in [4.69, 9.17) is 9.84 Å². The van der Waals surface area contributed by atoms with Gasteiger partial charge in [-0.2, -0.15) is 0 Å². The van der Waals surface area contributed by atoms with Gasteiger partial charge < -0.3 is 9.84 Å². The molecule has 2 atom stereocenters. The first-order valence-electron chi connectivity index (χ1n) is 7.92. The summed E-state index contributed by atoms with van der Waals surface area (Å²) in [5, 5.41) is 8.76. The van der Waals surface area contributed by atoms with Crippen molar-refractivity contribution in [2.24, 2.45) is 5.92 Å². The standard InChI is InChI=1S/C16H32O3/c1-4-5-10-13-19-15(3)12-9-7-6-8-11-14(2)16(17)18/h14-15H,4-13H2,1-3H3,(H,17,18). The van der Waals surface area contributed by atoms with E-state index >= 15 is 0 Å². The number of carboxylic acid groups (broad SMARTS) is 1. The second kappa shape index (κ2) is 12.5. The number of ether oxygens (including phenoxy) is 1. The normalized spacial score (nSPS) is 14.3. The monoisotopic (exact) mass is 272 g/mol. The Labute approximate surface area is 118 Å². The van der Waals surface area contributed by atoms with E-state index in [0.717, 1.165) is 32.3 Å². The quantitative estimate of drug-likeness (QED) is 0.497. The van der Waals surface area contributed by atoms with E-state index < -0.39 is 5.97 Å². The van der Waals surface area contributed by atoms with Crippen molar-refractivity contribution < 1.29 is 14.6 Å². The molecule has 0 amide bonds. The Morgan fingerprint density at radius 2 is 1.63 bits per heavy atom. The number of carboxylic acids is 1. The Morgan fingerprint density at radius 3 is 2.21 bits per heavy atom. The summed E-state index contributed by atoms with van der Waals surface area (Å²) in [5.41, 5.74) is 0. The van der Waals surface area contributed by atoms with Crippen molar-refractivity contribution in [3.63, 3.8) is 0 Å². The average Bonchev–Trinajstić information content (AvgIpc) is 2.38. The van der Waals surface area contributed by atoms with Gasteiger partial charge in [-0.25, -0.2) is 0 Å². The van der Waals surface area contributed by atoms with E-state index in [1.807, 2.05) is 0 Å². The van der Waals surface area contributed by atoms with Crippen molar-refractivity contribution in [1.29, 1.82) is 0 Å². The Kier molecular flexibility index (Phi) is 12.1. The van der Waals surface area contributed by atoms with Crippen LogP contribution >= 0.6 is 0 Å². The molecule has 2 unspecified atom stereocenters. The fourth-order valence-corrected chi connectivity index (χ4v) is 2.08. The van der Waals surface area contributed by atoms with Crippen LogP contribution in [0.3, 0.4) is 0 Å². The Bertz CT molecular complexity index is 216. The van der Waals surface area contributed by atoms with Crippen LogP contribution in [0.15, 0.2) is 0 Å². The molecule has 0 aromatic heterocycles. The summed E-state index contributed by atoms with van der Waals surface area (Å²) in [6.07, 6.45) is 10.5. The smallest absolute Gasteiger partial charge is 0.306 e. The molecular formula is C16H32O3. The first-order valence-corrected chi connectivity index (χ1v) is 7.92. The van der Waals surface area contributed by atoms with Crippen molar-refractivity contribution >= 4 is 5.97 Å². The van der Waals surface area contributed by atoms with Gasteiger partial charge in [0.25, 0.3) is 0 Å². The Hall–Kier alpha value is -0.570. The van der Waals surface area contributed by atoms with Crippen molar-refractivity contribution in [3.05, 3.63) is 0 Å². The lowest BCUT2D eigenvalue weighted by Crippen LogP contribution is -2.09. The average molecular weight is 272 g/mol. The number of hydrogen-bond acceptors (Lipinski definition) is 2. The van der Waals surface area contributed by atoms with E-state index in [-0.39, 0.29) is 5.92 Å². The molecule has 0 aromatic rings. The van der Waals surface area contributed by atoms with Crippen molar-refractivity contribution in [2.75, 3.05) is 6.61 Å². The van der Waals surface area contributed by atoms with Crippen LogP contribution in [0.25, 0.3) is 0 Å². The van der Waals surface area contributed by atoms with Gasteiger partial charge in [-0.15, -0.1) is 0 Å².